The maximum absolute atomic E-state index is 11.6. The van der Waals surface area contributed by atoms with E-state index in [1.165, 1.54) is 5.56 Å². The molecule has 36 heavy (non-hydrogen) atoms. The molecular formula is C25H33N9O2. The number of rotatable bonds is 7. The van der Waals surface area contributed by atoms with Crippen molar-refractivity contribution in [3.63, 3.8) is 0 Å². The Morgan fingerprint density at radius 2 is 2.06 bits per heavy atom. The van der Waals surface area contributed by atoms with Gasteiger partial charge >= 0.3 is 6.03 Å². The van der Waals surface area contributed by atoms with Crippen molar-refractivity contribution < 1.29 is 9.53 Å². The molecule has 2 aliphatic heterocycles. The molecular weight excluding hydrogens is 458 g/mol. The average molecular weight is 492 g/mol. The quantitative estimate of drug-likeness (QED) is 0.462. The number of methoxy groups -OCH3 is 1. The summed E-state index contributed by atoms with van der Waals surface area (Å²) in [5.41, 5.74) is 4.93. The number of benzene rings is 1. The average Bonchev–Trinajstić information content (AvgIpc) is 3.25. The molecule has 1 aromatic carbocycles. The van der Waals surface area contributed by atoms with Crippen LogP contribution in [0.4, 0.5) is 22.2 Å². The van der Waals surface area contributed by atoms with Gasteiger partial charge in [-0.2, -0.15) is 10.1 Å². The number of carbonyl (C=O) groups is 1. The van der Waals surface area contributed by atoms with E-state index in [0.29, 0.717) is 11.9 Å². The Hall–Kier alpha value is -3.86. The van der Waals surface area contributed by atoms with Gasteiger partial charge in [-0.1, -0.05) is 0 Å². The van der Waals surface area contributed by atoms with Crippen LogP contribution in [0.3, 0.4) is 0 Å². The minimum Gasteiger partial charge on any atom is -0.494 e. The highest BCUT2D eigenvalue weighted by Crippen LogP contribution is 2.29. The van der Waals surface area contributed by atoms with Crippen LogP contribution in [0.1, 0.15) is 17.0 Å². The van der Waals surface area contributed by atoms with Crippen LogP contribution in [0.25, 0.3) is 5.69 Å². The third-order valence-electron chi connectivity index (χ3n) is 6.61. The summed E-state index contributed by atoms with van der Waals surface area (Å²) in [7, 11) is 5.45. The van der Waals surface area contributed by atoms with Gasteiger partial charge in [-0.05, 0) is 32.2 Å². The number of nitrogens with one attached hydrogen (secondary N) is 3. The molecule has 1 fully saturated rings. The number of carbonyl (C=O) groups excluding carboxylic acids is 1. The lowest BCUT2D eigenvalue weighted by Crippen LogP contribution is -2.54. The lowest BCUT2D eigenvalue weighted by atomic mass is 10.0. The molecule has 0 unspecified atom stereocenters. The number of amides is 2. The number of aryl methyl sites for hydroxylation is 1. The van der Waals surface area contributed by atoms with Crippen LogP contribution >= 0.6 is 0 Å². The molecule has 2 aromatic heterocycles. The topological polar surface area (TPSA) is 112 Å². The number of urea groups is 1. The molecule has 3 N–H and O–H groups in total. The summed E-state index contributed by atoms with van der Waals surface area (Å²) in [6, 6.07) is 7.76. The van der Waals surface area contributed by atoms with Crippen molar-refractivity contribution in [2.75, 3.05) is 58.0 Å². The van der Waals surface area contributed by atoms with Crippen molar-refractivity contribution >= 4 is 23.5 Å². The Kier molecular flexibility index (Phi) is 6.64. The normalized spacial score (nSPS) is 15.7. The zero-order chi connectivity index (χ0) is 25.2. The molecule has 0 saturated carbocycles. The van der Waals surface area contributed by atoms with Crippen molar-refractivity contribution in [1.29, 1.82) is 0 Å². The molecule has 2 aliphatic rings. The number of anilines is 3. The van der Waals surface area contributed by atoms with Crippen molar-refractivity contribution in [1.82, 2.24) is 34.9 Å². The third-order valence-corrected chi connectivity index (χ3v) is 6.61. The highest BCUT2D eigenvalue weighted by atomic mass is 16.5. The second-order valence-electron chi connectivity index (χ2n) is 9.47. The highest BCUT2D eigenvalue weighted by molar-refractivity contribution is 5.74. The van der Waals surface area contributed by atoms with Gasteiger partial charge in [0.15, 0.2) is 0 Å². The zero-order valence-electron chi connectivity index (χ0n) is 21.2. The molecule has 5 rings (SSSR count). The van der Waals surface area contributed by atoms with Crippen LogP contribution in [0, 0.1) is 12.8 Å². The molecule has 11 nitrogen and oxygen atoms in total. The molecule has 190 valence electrons. The number of aromatic nitrogens is 4. The van der Waals surface area contributed by atoms with Gasteiger partial charge in [0.2, 0.25) is 5.95 Å². The fourth-order valence-corrected chi connectivity index (χ4v) is 4.64. The molecule has 0 atom stereocenters. The van der Waals surface area contributed by atoms with Crippen molar-refractivity contribution in [2.45, 2.75) is 19.9 Å². The minimum atomic E-state index is -0.0305. The van der Waals surface area contributed by atoms with E-state index in [4.69, 9.17) is 9.84 Å². The predicted octanol–water partition coefficient (Wildman–Crippen LogP) is 2.39. The van der Waals surface area contributed by atoms with E-state index >= 15 is 0 Å². The van der Waals surface area contributed by atoms with Gasteiger partial charge in [0.05, 0.1) is 12.8 Å². The van der Waals surface area contributed by atoms with E-state index in [2.05, 4.69) is 44.1 Å². The number of hydrogen-bond acceptors (Lipinski definition) is 8. The molecule has 0 radical (unpaired) electrons. The molecule has 0 spiro atoms. The summed E-state index contributed by atoms with van der Waals surface area (Å²) in [5, 5.41) is 14.2. The number of ether oxygens (including phenoxy) is 1. The molecule has 1 saturated heterocycles. The van der Waals surface area contributed by atoms with Crippen LogP contribution in [-0.2, 0) is 13.0 Å². The summed E-state index contributed by atoms with van der Waals surface area (Å²) in [5.74, 6) is 2.40. The molecule has 2 amide bonds. The van der Waals surface area contributed by atoms with Gasteiger partial charge in [-0.15, -0.1) is 0 Å². The number of hydrogen-bond donors (Lipinski definition) is 3. The predicted molar refractivity (Wildman–Crippen MR) is 138 cm³/mol. The largest absolute Gasteiger partial charge is 0.494 e. The lowest BCUT2D eigenvalue weighted by Gasteiger charge is -2.38. The number of fused-ring (bicyclic) bond motifs is 1. The van der Waals surface area contributed by atoms with Crippen molar-refractivity contribution in [2.24, 2.45) is 5.92 Å². The van der Waals surface area contributed by atoms with Crippen LogP contribution in [-0.4, -0.2) is 83.0 Å². The first-order valence-electron chi connectivity index (χ1n) is 12.2. The second-order valence-corrected chi connectivity index (χ2v) is 9.47. The Balaban J connectivity index is 1.29. The number of likely N-dealkylation sites (N-methyl/N-ethyl adjacent to an activating group) is 1. The summed E-state index contributed by atoms with van der Waals surface area (Å²) in [6.45, 7) is 6.08. The standard InChI is InChI=1S/C25H33N9O2/c1-16-9-23(27-11-17-12-33(13-17)25(35)26-2)30-24(28-16)29-19-5-6-22(36-4)21(10-19)34-15-18-14-32(3)8-7-20(18)31-34/h5-6,9-10,15,17H,7-8,11-14H2,1-4H3,(H,26,35)(H2,27,28,29,30). The summed E-state index contributed by atoms with van der Waals surface area (Å²) in [6.07, 6.45) is 3.03. The monoisotopic (exact) mass is 491 g/mol. The van der Waals surface area contributed by atoms with Gasteiger partial charge in [0, 0.05) is 81.3 Å². The minimum absolute atomic E-state index is 0.0305. The first-order chi connectivity index (χ1) is 17.4. The smallest absolute Gasteiger partial charge is 0.317 e. The van der Waals surface area contributed by atoms with Crippen LogP contribution in [0.15, 0.2) is 30.5 Å². The SMILES string of the molecule is CNC(=O)N1CC(CNc2cc(C)nc(Nc3ccc(OC)c(-n4cc5c(n4)CCN(C)C5)c3)n2)C1. The van der Waals surface area contributed by atoms with Crippen LogP contribution < -0.4 is 20.7 Å². The maximum Gasteiger partial charge on any atom is 0.317 e. The van der Waals surface area contributed by atoms with Crippen LogP contribution in [0.2, 0.25) is 0 Å². The van der Waals surface area contributed by atoms with Gasteiger partial charge in [-0.3, -0.25) is 0 Å². The van der Waals surface area contributed by atoms with Gasteiger partial charge in [-0.25, -0.2) is 14.5 Å². The maximum atomic E-state index is 11.6. The van der Waals surface area contributed by atoms with Crippen molar-refractivity contribution in [3.05, 3.63) is 47.4 Å². The Morgan fingerprint density at radius 3 is 2.83 bits per heavy atom. The first kappa shape index (κ1) is 23.9. The number of likely N-dealkylation sites (tertiary alicyclic amines) is 1. The summed E-state index contributed by atoms with van der Waals surface area (Å²) < 4.78 is 7.53. The Bertz CT molecular complexity index is 1250. The molecule has 11 heteroatoms. The number of nitrogens with zero attached hydrogens (tertiary/aromatic N) is 6. The van der Waals surface area contributed by atoms with Gasteiger partial charge < -0.3 is 30.5 Å². The first-order valence-corrected chi connectivity index (χ1v) is 12.2. The molecule has 3 aromatic rings. The van der Waals surface area contributed by atoms with E-state index in [0.717, 1.165) is 73.5 Å². The van der Waals surface area contributed by atoms with Crippen molar-refractivity contribution in [3.8, 4) is 11.4 Å². The Morgan fingerprint density at radius 1 is 1.22 bits per heavy atom. The molecule has 4 heterocycles. The molecule has 0 aliphatic carbocycles. The third kappa shape index (κ3) is 5.06. The van der Waals surface area contributed by atoms with Gasteiger partial charge in [0.1, 0.15) is 17.3 Å². The summed E-state index contributed by atoms with van der Waals surface area (Å²) >= 11 is 0. The molecule has 0 bridgehead atoms. The summed E-state index contributed by atoms with van der Waals surface area (Å²) in [4.78, 5) is 24.9. The van der Waals surface area contributed by atoms with E-state index in [1.54, 1.807) is 19.1 Å². The van der Waals surface area contributed by atoms with E-state index < -0.39 is 0 Å². The lowest BCUT2D eigenvalue weighted by molar-refractivity contribution is 0.128. The van der Waals surface area contributed by atoms with Gasteiger partial charge in [0.25, 0.3) is 0 Å². The second kappa shape index (κ2) is 10.0. The fraction of sp³-hybridized carbons (Fsp3) is 0.440. The Labute approximate surface area is 210 Å². The highest BCUT2D eigenvalue weighted by Gasteiger charge is 2.29. The zero-order valence-corrected chi connectivity index (χ0v) is 21.2. The van der Waals surface area contributed by atoms with Crippen LogP contribution in [0.5, 0.6) is 5.75 Å². The van der Waals surface area contributed by atoms with E-state index in [-0.39, 0.29) is 6.03 Å². The van der Waals surface area contributed by atoms with E-state index in [1.807, 2.05) is 35.9 Å². The van der Waals surface area contributed by atoms with E-state index in [9.17, 15) is 4.79 Å². The fourth-order valence-electron chi connectivity index (χ4n) is 4.64.